The molecule has 3 N–H and O–H groups in total. The largest absolute Gasteiger partial charge is 0.366 e. The van der Waals surface area contributed by atoms with Gasteiger partial charge in [-0.1, -0.05) is 12.1 Å². The van der Waals surface area contributed by atoms with Crippen LogP contribution in [0.2, 0.25) is 0 Å². The highest BCUT2D eigenvalue weighted by Crippen LogP contribution is 2.38. The van der Waals surface area contributed by atoms with Crippen molar-refractivity contribution in [2.75, 3.05) is 5.32 Å². The Morgan fingerprint density at radius 2 is 1.81 bits per heavy atom. The van der Waals surface area contributed by atoms with Gasteiger partial charge in [0, 0.05) is 48.6 Å². The van der Waals surface area contributed by atoms with Crippen LogP contribution in [0.5, 0.6) is 0 Å². The van der Waals surface area contributed by atoms with Gasteiger partial charge in [-0.05, 0) is 54.6 Å². The fourth-order valence-corrected chi connectivity index (χ4v) is 4.17. The number of aromatic nitrogens is 4. The van der Waals surface area contributed by atoms with Crippen molar-refractivity contribution in [2.24, 2.45) is 12.8 Å². The van der Waals surface area contributed by atoms with E-state index in [9.17, 15) is 4.79 Å². The van der Waals surface area contributed by atoms with Crippen molar-refractivity contribution in [2.45, 2.75) is 13.8 Å². The number of rotatable bonds is 4. The van der Waals surface area contributed by atoms with Gasteiger partial charge in [0.25, 0.3) is 5.91 Å². The number of aryl methyl sites for hydroxylation is 2. The molecule has 0 spiro atoms. The molecule has 3 heterocycles. The topological polar surface area (TPSA) is 98.7 Å². The van der Waals surface area contributed by atoms with Crippen LogP contribution in [-0.4, -0.2) is 25.4 Å². The molecule has 0 atom stereocenters. The average Bonchev–Trinajstić information content (AvgIpc) is 3.15. The predicted molar refractivity (Wildman–Crippen MR) is 127 cm³/mol. The van der Waals surface area contributed by atoms with Crippen LogP contribution in [0.3, 0.4) is 0 Å². The second kappa shape index (κ2) is 7.46. The van der Waals surface area contributed by atoms with Crippen molar-refractivity contribution in [1.29, 1.82) is 0 Å². The number of hydrogen-bond donors (Lipinski definition) is 2. The van der Waals surface area contributed by atoms with Crippen molar-refractivity contribution in [3.05, 3.63) is 78.0 Å². The third-order valence-electron chi connectivity index (χ3n) is 5.87. The van der Waals surface area contributed by atoms with Gasteiger partial charge in [0.1, 0.15) is 0 Å². The molecule has 2 aromatic carbocycles. The van der Waals surface area contributed by atoms with Crippen LogP contribution in [0.15, 0.2) is 61.2 Å². The maximum atomic E-state index is 12.0. The Morgan fingerprint density at radius 3 is 2.62 bits per heavy atom. The summed E-state index contributed by atoms with van der Waals surface area (Å²) in [6.45, 7) is 3.88. The molecule has 5 aromatic rings. The Kier molecular flexibility index (Phi) is 4.59. The second-order valence-electron chi connectivity index (χ2n) is 7.86. The van der Waals surface area contributed by atoms with Crippen LogP contribution in [0.4, 0.5) is 11.4 Å². The molecular formula is C25H22N6O. The first-order valence-electron chi connectivity index (χ1n) is 10.3. The van der Waals surface area contributed by atoms with Crippen LogP contribution >= 0.6 is 0 Å². The number of hydrogen-bond acceptors (Lipinski definition) is 5. The van der Waals surface area contributed by atoms with Crippen molar-refractivity contribution in [1.82, 2.24) is 19.5 Å². The van der Waals surface area contributed by atoms with Gasteiger partial charge >= 0.3 is 0 Å². The molecule has 0 aliphatic carbocycles. The number of amides is 1. The van der Waals surface area contributed by atoms with E-state index >= 15 is 0 Å². The summed E-state index contributed by atoms with van der Waals surface area (Å²) in [7, 11) is 2.03. The Balaban J connectivity index is 1.75. The zero-order valence-electron chi connectivity index (χ0n) is 18.0. The molecule has 0 saturated heterocycles. The van der Waals surface area contributed by atoms with E-state index in [4.69, 9.17) is 5.73 Å². The van der Waals surface area contributed by atoms with Gasteiger partial charge in [-0.25, -0.2) is 0 Å². The molecular weight excluding hydrogens is 400 g/mol. The number of primary amides is 1. The van der Waals surface area contributed by atoms with Gasteiger partial charge in [0.15, 0.2) is 0 Å². The summed E-state index contributed by atoms with van der Waals surface area (Å²) in [5.74, 6) is -0.509. The monoisotopic (exact) mass is 422 g/mol. The van der Waals surface area contributed by atoms with E-state index in [-0.39, 0.29) is 0 Å². The number of carbonyl (C=O) groups excluding carboxylic acids is 1. The van der Waals surface area contributed by atoms with Crippen molar-refractivity contribution in [3.8, 4) is 11.1 Å². The molecule has 32 heavy (non-hydrogen) atoms. The lowest BCUT2D eigenvalue weighted by molar-refractivity contribution is 0.100. The first-order chi connectivity index (χ1) is 15.4. The summed E-state index contributed by atoms with van der Waals surface area (Å²) in [5.41, 5.74) is 13.8. The minimum Gasteiger partial charge on any atom is -0.366 e. The van der Waals surface area contributed by atoms with E-state index in [1.54, 1.807) is 24.7 Å². The summed E-state index contributed by atoms with van der Waals surface area (Å²) >= 11 is 0. The predicted octanol–water partition coefficient (Wildman–Crippen LogP) is 4.64. The third kappa shape index (κ3) is 3.15. The van der Waals surface area contributed by atoms with Crippen molar-refractivity contribution < 1.29 is 4.79 Å². The highest BCUT2D eigenvalue weighted by molar-refractivity contribution is 6.02. The minimum atomic E-state index is -0.509. The number of nitrogens with zero attached hydrogens (tertiary/aromatic N) is 4. The smallest absolute Gasteiger partial charge is 0.250 e. The lowest BCUT2D eigenvalue weighted by Crippen LogP contribution is -2.15. The molecule has 0 aliphatic rings. The van der Waals surface area contributed by atoms with Crippen LogP contribution < -0.4 is 11.1 Å². The zero-order chi connectivity index (χ0) is 22.4. The van der Waals surface area contributed by atoms with Crippen molar-refractivity contribution >= 4 is 39.2 Å². The second-order valence-corrected chi connectivity index (χ2v) is 7.86. The third-order valence-corrected chi connectivity index (χ3v) is 5.87. The van der Waals surface area contributed by atoms with Gasteiger partial charge in [0.05, 0.1) is 28.0 Å². The molecule has 0 unspecified atom stereocenters. The Morgan fingerprint density at radius 1 is 1.00 bits per heavy atom. The van der Waals surface area contributed by atoms with E-state index in [2.05, 4.69) is 49.1 Å². The number of pyridine rings is 1. The van der Waals surface area contributed by atoms with Crippen molar-refractivity contribution in [3.63, 3.8) is 0 Å². The summed E-state index contributed by atoms with van der Waals surface area (Å²) in [6.07, 6.45) is 7.01. The molecule has 0 radical (unpaired) electrons. The number of anilines is 2. The lowest BCUT2D eigenvalue weighted by atomic mass is 9.96. The molecule has 0 saturated carbocycles. The summed E-state index contributed by atoms with van der Waals surface area (Å²) in [5, 5.41) is 4.58. The Bertz CT molecular complexity index is 1520. The number of nitrogens with two attached hydrogens (primary N) is 1. The normalized spacial score (nSPS) is 11.2. The molecule has 7 heteroatoms. The first-order valence-corrected chi connectivity index (χ1v) is 10.3. The van der Waals surface area contributed by atoms with Crippen LogP contribution in [0.25, 0.3) is 33.1 Å². The Labute approximate surface area is 184 Å². The first kappa shape index (κ1) is 19.7. The summed E-state index contributed by atoms with van der Waals surface area (Å²) in [4.78, 5) is 25.5. The quantitative estimate of drug-likeness (QED) is 0.439. The zero-order valence-corrected chi connectivity index (χ0v) is 18.0. The molecule has 7 nitrogen and oxygen atoms in total. The fourth-order valence-electron chi connectivity index (χ4n) is 4.17. The van der Waals surface area contributed by atoms with E-state index in [0.29, 0.717) is 16.9 Å². The molecule has 0 aliphatic heterocycles. The molecule has 158 valence electrons. The van der Waals surface area contributed by atoms with E-state index < -0.39 is 5.91 Å². The van der Waals surface area contributed by atoms with Crippen LogP contribution in [-0.2, 0) is 7.05 Å². The number of fused-ring (bicyclic) bond motifs is 2. The van der Waals surface area contributed by atoms with Crippen LogP contribution in [0, 0.1) is 13.8 Å². The lowest BCUT2D eigenvalue weighted by Gasteiger charge is -2.18. The van der Waals surface area contributed by atoms with E-state index in [0.717, 1.165) is 38.9 Å². The highest BCUT2D eigenvalue weighted by atomic mass is 16.1. The molecule has 5 rings (SSSR count). The van der Waals surface area contributed by atoms with Gasteiger partial charge < -0.3 is 15.6 Å². The highest BCUT2D eigenvalue weighted by Gasteiger charge is 2.18. The molecule has 3 aromatic heterocycles. The summed E-state index contributed by atoms with van der Waals surface area (Å²) in [6, 6.07) is 12.0. The Hall–Kier alpha value is -4.26. The number of nitrogens with one attached hydrogen (secondary N) is 1. The maximum Gasteiger partial charge on any atom is 0.250 e. The van der Waals surface area contributed by atoms with Gasteiger partial charge in [0.2, 0.25) is 0 Å². The van der Waals surface area contributed by atoms with Gasteiger partial charge in [-0.3, -0.25) is 19.7 Å². The molecule has 1 amide bonds. The summed E-state index contributed by atoms with van der Waals surface area (Å²) < 4.78 is 2.10. The SMILES string of the molecule is Cc1nccc(C(N)=O)c1Nc1cc2nccnc2c(-c2ccc3ccn(C)c3c2)c1C. The molecule has 0 fully saturated rings. The van der Waals surface area contributed by atoms with E-state index in [1.807, 2.05) is 33.2 Å². The van der Waals surface area contributed by atoms with Gasteiger partial charge in [-0.15, -0.1) is 0 Å². The number of benzene rings is 2. The fraction of sp³-hybridized carbons (Fsp3) is 0.120. The van der Waals surface area contributed by atoms with Gasteiger partial charge in [-0.2, -0.15) is 0 Å². The minimum absolute atomic E-state index is 0.392. The maximum absolute atomic E-state index is 12.0. The molecule has 0 bridgehead atoms. The standard InChI is InChI=1S/C25H22N6O/c1-14-19(30-23-15(2)27-8-6-18(23)25(26)32)13-20-24(29-10-9-28-20)22(14)17-5-4-16-7-11-31(3)21(16)12-17/h4-13,30H,1-3H3,(H2,26,32). The number of carbonyl (C=O) groups is 1. The van der Waals surface area contributed by atoms with E-state index in [1.165, 1.54) is 5.39 Å². The average molecular weight is 422 g/mol. The van der Waals surface area contributed by atoms with Crippen LogP contribution in [0.1, 0.15) is 21.6 Å².